The third-order valence-corrected chi connectivity index (χ3v) is 4.90. The van der Waals surface area contributed by atoms with E-state index in [1.165, 1.54) is 11.8 Å². The molecule has 0 unspecified atom stereocenters. The number of carbonyl (C=O) groups excluding carboxylic acids is 3. The van der Waals surface area contributed by atoms with Crippen LogP contribution in [0.5, 0.6) is 0 Å². The van der Waals surface area contributed by atoms with Crippen molar-refractivity contribution in [1.82, 2.24) is 4.90 Å². The maximum absolute atomic E-state index is 13.2. The summed E-state index contributed by atoms with van der Waals surface area (Å²) in [6.07, 6.45) is 0. The highest BCUT2D eigenvalue weighted by Crippen LogP contribution is 2.33. The minimum absolute atomic E-state index is 0.133. The number of rotatable bonds is 6. The molecule has 0 saturated heterocycles. The molecule has 156 valence electrons. The summed E-state index contributed by atoms with van der Waals surface area (Å²) < 4.78 is 0. The van der Waals surface area contributed by atoms with Crippen LogP contribution in [0.2, 0.25) is 5.02 Å². The molecule has 3 amide bonds. The molecule has 0 saturated carbocycles. The van der Waals surface area contributed by atoms with Crippen LogP contribution < -0.4 is 10.6 Å². The van der Waals surface area contributed by atoms with Crippen molar-refractivity contribution >= 4 is 46.3 Å². The summed E-state index contributed by atoms with van der Waals surface area (Å²) in [4.78, 5) is 38.9. The monoisotopic (exact) mass is 425 g/mol. The zero-order valence-corrected chi connectivity index (χ0v) is 18.1. The Kier molecular flexibility index (Phi) is 6.27. The lowest BCUT2D eigenvalue weighted by Gasteiger charge is -2.17. The van der Waals surface area contributed by atoms with Crippen LogP contribution in [0.15, 0.2) is 48.2 Å². The first-order valence-corrected chi connectivity index (χ1v) is 10.1. The van der Waals surface area contributed by atoms with Crippen LogP contribution in [0.1, 0.15) is 31.9 Å². The fourth-order valence-electron chi connectivity index (χ4n) is 3.28. The Morgan fingerprint density at radius 2 is 1.73 bits per heavy atom. The Morgan fingerprint density at radius 1 is 1.07 bits per heavy atom. The van der Waals surface area contributed by atoms with Crippen molar-refractivity contribution in [3.63, 3.8) is 0 Å². The molecule has 2 aromatic carbocycles. The Hall–Kier alpha value is -3.12. The molecule has 0 aliphatic carbocycles. The fraction of sp³-hybridized carbons (Fsp3) is 0.261. The highest BCUT2D eigenvalue weighted by molar-refractivity contribution is 6.36. The molecule has 0 fully saturated rings. The highest BCUT2D eigenvalue weighted by atomic mass is 35.5. The molecule has 1 aliphatic rings. The average Bonchev–Trinajstić information content (AvgIpc) is 2.89. The summed E-state index contributed by atoms with van der Waals surface area (Å²) in [6, 6.07) is 12.2. The molecule has 7 heteroatoms. The van der Waals surface area contributed by atoms with Gasteiger partial charge in [0.15, 0.2) is 0 Å². The molecule has 0 bridgehead atoms. The molecule has 0 radical (unpaired) electrons. The van der Waals surface area contributed by atoms with E-state index < -0.39 is 0 Å². The van der Waals surface area contributed by atoms with E-state index in [9.17, 15) is 14.4 Å². The average molecular weight is 426 g/mol. The number of anilines is 2. The number of carbonyl (C=O) groups is 3. The molecule has 0 spiro atoms. The van der Waals surface area contributed by atoms with Crippen LogP contribution in [0.25, 0.3) is 5.57 Å². The van der Waals surface area contributed by atoms with Crippen LogP contribution in [0.4, 0.5) is 11.4 Å². The number of amides is 3. The summed E-state index contributed by atoms with van der Waals surface area (Å²) in [5.41, 5.74) is 3.29. The minimum atomic E-state index is -0.367. The lowest BCUT2D eigenvalue weighted by molar-refractivity contribution is -0.137. The molecule has 0 atom stereocenters. The van der Waals surface area contributed by atoms with Crippen molar-refractivity contribution in [2.45, 2.75) is 27.7 Å². The summed E-state index contributed by atoms with van der Waals surface area (Å²) in [7, 11) is 0. The SMILES string of the molecule is CC(=O)Nc1ccc(C2=C(Nc3cc(Cl)ccc3C)C(=O)N(CC(C)C)C2=O)cc1. The summed E-state index contributed by atoms with van der Waals surface area (Å²) >= 11 is 6.12. The van der Waals surface area contributed by atoms with E-state index in [2.05, 4.69) is 10.6 Å². The van der Waals surface area contributed by atoms with Crippen molar-refractivity contribution in [1.29, 1.82) is 0 Å². The second kappa shape index (κ2) is 8.71. The summed E-state index contributed by atoms with van der Waals surface area (Å²) in [5, 5.41) is 6.37. The van der Waals surface area contributed by atoms with E-state index in [0.29, 0.717) is 34.1 Å². The second-order valence-corrected chi connectivity index (χ2v) is 8.14. The number of nitrogens with one attached hydrogen (secondary N) is 2. The van der Waals surface area contributed by atoms with Gasteiger partial charge in [0.05, 0.1) is 5.57 Å². The topological polar surface area (TPSA) is 78.5 Å². The van der Waals surface area contributed by atoms with E-state index in [4.69, 9.17) is 11.6 Å². The first kappa shape index (κ1) is 21.6. The van der Waals surface area contributed by atoms with E-state index in [0.717, 1.165) is 5.56 Å². The zero-order chi connectivity index (χ0) is 22.0. The molecular formula is C23H24ClN3O3. The van der Waals surface area contributed by atoms with Gasteiger partial charge in [0.2, 0.25) is 5.91 Å². The van der Waals surface area contributed by atoms with Crippen LogP contribution >= 0.6 is 11.6 Å². The standard InChI is InChI=1S/C23H24ClN3O3/c1-13(2)12-27-22(29)20(16-6-9-18(10-7-16)25-15(4)28)21(23(27)30)26-19-11-17(24)8-5-14(19)3/h5-11,13,26H,12H2,1-4H3,(H,25,28). The van der Waals surface area contributed by atoms with Gasteiger partial charge in [0, 0.05) is 29.9 Å². The predicted octanol–water partition coefficient (Wildman–Crippen LogP) is 4.45. The van der Waals surface area contributed by atoms with Crippen LogP contribution in [-0.4, -0.2) is 29.2 Å². The van der Waals surface area contributed by atoms with Gasteiger partial charge in [-0.1, -0.05) is 43.6 Å². The number of hydrogen-bond donors (Lipinski definition) is 2. The van der Waals surface area contributed by atoms with Gasteiger partial charge in [-0.05, 0) is 48.2 Å². The summed E-state index contributed by atoms with van der Waals surface area (Å²) in [5.74, 6) is -0.762. The van der Waals surface area contributed by atoms with Gasteiger partial charge in [-0.25, -0.2) is 0 Å². The van der Waals surface area contributed by atoms with Gasteiger partial charge in [-0.2, -0.15) is 0 Å². The summed E-state index contributed by atoms with van der Waals surface area (Å²) in [6.45, 7) is 7.55. The maximum Gasteiger partial charge on any atom is 0.278 e. The molecule has 6 nitrogen and oxygen atoms in total. The number of hydrogen-bond acceptors (Lipinski definition) is 4. The third-order valence-electron chi connectivity index (χ3n) is 4.67. The minimum Gasteiger partial charge on any atom is -0.350 e. The zero-order valence-electron chi connectivity index (χ0n) is 17.4. The van der Waals surface area contributed by atoms with Gasteiger partial charge >= 0.3 is 0 Å². The normalized spacial score (nSPS) is 14.0. The second-order valence-electron chi connectivity index (χ2n) is 7.71. The number of imide groups is 1. The largest absolute Gasteiger partial charge is 0.350 e. The Bertz CT molecular complexity index is 1040. The Balaban J connectivity index is 2.06. The molecule has 1 heterocycles. The molecular weight excluding hydrogens is 402 g/mol. The molecule has 3 rings (SSSR count). The third kappa shape index (κ3) is 4.54. The van der Waals surface area contributed by atoms with Crippen LogP contribution in [0.3, 0.4) is 0 Å². The van der Waals surface area contributed by atoms with Gasteiger partial charge in [-0.3, -0.25) is 19.3 Å². The van der Waals surface area contributed by atoms with Gasteiger partial charge in [-0.15, -0.1) is 0 Å². The number of aryl methyl sites for hydroxylation is 1. The van der Waals surface area contributed by atoms with Crippen LogP contribution in [-0.2, 0) is 14.4 Å². The lowest BCUT2D eigenvalue weighted by Crippen LogP contribution is -2.35. The van der Waals surface area contributed by atoms with Crippen molar-refractivity contribution in [3.8, 4) is 0 Å². The molecule has 2 N–H and O–H groups in total. The van der Waals surface area contributed by atoms with Gasteiger partial charge < -0.3 is 10.6 Å². The first-order valence-electron chi connectivity index (χ1n) is 9.69. The predicted molar refractivity (Wildman–Crippen MR) is 119 cm³/mol. The number of halogens is 1. The Labute approximate surface area is 180 Å². The lowest BCUT2D eigenvalue weighted by atomic mass is 10.0. The Morgan fingerprint density at radius 3 is 2.33 bits per heavy atom. The van der Waals surface area contributed by atoms with Crippen LogP contribution in [0, 0.1) is 12.8 Å². The smallest absolute Gasteiger partial charge is 0.278 e. The molecule has 2 aromatic rings. The molecule has 1 aliphatic heterocycles. The number of benzene rings is 2. The van der Waals surface area contributed by atoms with E-state index >= 15 is 0 Å². The van der Waals surface area contributed by atoms with Gasteiger partial charge in [0.1, 0.15) is 5.70 Å². The maximum atomic E-state index is 13.2. The molecule has 0 aromatic heterocycles. The van der Waals surface area contributed by atoms with E-state index in [1.54, 1.807) is 36.4 Å². The van der Waals surface area contributed by atoms with E-state index in [-0.39, 0.29) is 29.3 Å². The highest BCUT2D eigenvalue weighted by Gasteiger charge is 2.39. The van der Waals surface area contributed by atoms with Crippen molar-refractivity contribution in [3.05, 3.63) is 64.3 Å². The first-order chi connectivity index (χ1) is 14.2. The fourth-order valence-corrected chi connectivity index (χ4v) is 3.45. The van der Waals surface area contributed by atoms with Crippen molar-refractivity contribution in [2.24, 2.45) is 5.92 Å². The van der Waals surface area contributed by atoms with E-state index in [1.807, 2.05) is 26.8 Å². The number of nitrogens with zero attached hydrogens (tertiary/aromatic N) is 1. The van der Waals surface area contributed by atoms with Gasteiger partial charge in [0.25, 0.3) is 11.8 Å². The molecule has 30 heavy (non-hydrogen) atoms. The quantitative estimate of drug-likeness (QED) is 0.670. The van der Waals surface area contributed by atoms with Crippen molar-refractivity contribution in [2.75, 3.05) is 17.2 Å². The van der Waals surface area contributed by atoms with Crippen molar-refractivity contribution < 1.29 is 14.4 Å².